The molecule has 0 spiro atoms. The van der Waals surface area contributed by atoms with Crippen LogP contribution < -0.4 is 10.2 Å². The van der Waals surface area contributed by atoms with Crippen molar-refractivity contribution < 1.29 is 13.9 Å². The van der Waals surface area contributed by atoms with E-state index >= 15 is 0 Å². The maximum atomic E-state index is 13.8. The lowest BCUT2D eigenvalue weighted by molar-refractivity contribution is 0.0719. The van der Waals surface area contributed by atoms with Crippen LogP contribution in [0.25, 0.3) is 11.0 Å². The van der Waals surface area contributed by atoms with Crippen molar-refractivity contribution in [2.24, 2.45) is 0 Å². The largest absolute Gasteiger partial charge is 0.494 e. The third-order valence-electron chi connectivity index (χ3n) is 7.59. The third-order valence-corrected chi connectivity index (χ3v) is 7.59. The van der Waals surface area contributed by atoms with Crippen LogP contribution in [0.5, 0.6) is 5.75 Å². The predicted octanol–water partition coefficient (Wildman–Crippen LogP) is 7.20. The lowest BCUT2D eigenvalue weighted by Gasteiger charge is -2.27. The maximum absolute atomic E-state index is 13.8. The van der Waals surface area contributed by atoms with Crippen molar-refractivity contribution in [1.29, 1.82) is 0 Å². The summed E-state index contributed by atoms with van der Waals surface area (Å²) in [5.74, 6) is 0.729. The van der Waals surface area contributed by atoms with Crippen molar-refractivity contribution in [2.75, 3.05) is 32.8 Å². The summed E-state index contributed by atoms with van der Waals surface area (Å²) in [4.78, 5) is 31.9. The van der Waals surface area contributed by atoms with Gasteiger partial charge in [0.2, 0.25) is 5.76 Å². The van der Waals surface area contributed by atoms with Crippen molar-refractivity contribution in [1.82, 2.24) is 9.80 Å². The van der Waals surface area contributed by atoms with Gasteiger partial charge in [0.25, 0.3) is 5.91 Å². The Morgan fingerprint density at radius 1 is 0.846 bits per heavy atom. The van der Waals surface area contributed by atoms with Crippen LogP contribution in [0.1, 0.15) is 99.9 Å². The highest BCUT2D eigenvalue weighted by atomic mass is 16.5. The van der Waals surface area contributed by atoms with Gasteiger partial charge in [-0.2, -0.15) is 0 Å². The average molecular weight is 533 g/mol. The summed E-state index contributed by atoms with van der Waals surface area (Å²) >= 11 is 0. The minimum atomic E-state index is -0.493. The molecular formula is C33H44N2O4. The van der Waals surface area contributed by atoms with Crippen LogP contribution in [-0.2, 0) is 0 Å². The highest BCUT2D eigenvalue weighted by Gasteiger charge is 2.42. The first kappa shape index (κ1) is 28.9. The number of rotatable bonds is 16. The second kappa shape index (κ2) is 14.3. The molecule has 1 aromatic heterocycles. The number of benzene rings is 2. The zero-order chi connectivity index (χ0) is 27.6. The lowest BCUT2D eigenvalue weighted by Crippen LogP contribution is -2.34. The molecule has 1 aliphatic rings. The standard InChI is InChI=1S/C33H44N2O4/c1-4-7-12-23-38-26-16-13-15-25(24-26)30-29-31(36)27-17-10-11-18-28(27)39-32(29)33(37)35(30)22-14-21-34(19-8-5-2)20-9-6-3/h10-11,13,15-18,24,30H,4-9,12,14,19-23H2,1-3H3. The molecule has 1 aliphatic heterocycles. The van der Waals surface area contributed by atoms with Gasteiger partial charge < -0.3 is 19.0 Å². The number of para-hydroxylation sites is 1. The molecule has 39 heavy (non-hydrogen) atoms. The fourth-order valence-corrected chi connectivity index (χ4v) is 5.42. The van der Waals surface area contributed by atoms with E-state index in [1.165, 1.54) is 25.7 Å². The molecular weight excluding hydrogens is 488 g/mol. The van der Waals surface area contributed by atoms with Crippen LogP contribution >= 0.6 is 0 Å². The number of carbonyl (C=O) groups excluding carboxylic acids is 1. The number of unbranched alkanes of at least 4 members (excludes halogenated alkanes) is 4. The zero-order valence-electron chi connectivity index (χ0n) is 23.9. The number of hydrogen-bond acceptors (Lipinski definition) is 5. The molecule has 0 radical (unpaired) electrons. The molecule has 0 bridgehead atoms. The highest BCUT2D eigenvalue weighted by molar-refractivity contribution is 5.99. The highest BCUT2D eigenvalue weighted by Crippen LogP contribution is 2.39. The van der Waals surface area contributed by atoms with E-state index < -0.39 is 6.04 Å². The van der Waals surface area contributed by atoms with Gasteiger partial charge in [-0.3, -0.25) is 9.59 Å². The SMILES string of the molecule is CCCCCOc1cccc(C2c3c(oc4ccccc4c3=O)C(=O)N2CCCN(CCCC)CCCC)c1. The smallest absolute Gasteiger partial charge is 0.290 e. The Kier molecular flexibility index (Phi) is 10.6. The number of ether oxygens (including phenoxy) is 1. The van der Waals surface area contributed by atoms with Crippen molar-refractivity contribution in [2.45, 2.75) is 78.2 Å². The van der Waals surface area contributed by atoms with E-state index in [2.05, 4.69) is 25.7 Å². The van der Waals surface area contributed by atoms with E-state index in [0.717, 1.165) is 56.6 Å². The summed E-state index contributed by atoms with van der Waals surface area (Å²) in [5, 5.41) is 0.508. The van der Waals surface area contributed by atoms with E-state index in [0.29, 0.717) is 29.7 Å². The van der Waals surface area contributed by atoms with Gasteiger partial charge in [-0.25, -0.2) is 0 Å². The molecule has 1 unspecified atom stereocenters. The van der Waals surface area contributed by atoms with Gasteiger partial charge in [-0.05, 0) is 75.1 Å². The molecule has 210 valence electrons. The lowest BCUT2D eigenvalue weighted by atomic mass is 9.98. The molecule has 1 atom stereocenters. The molecule has 0 saturated carbocycles. The Labute approximate surface area is 232 Å². The Morgan fingerprint density at radius 3 is 2.31 bits per heavy atom. The van der Waals surface area contributed by atoms with Crippen LogP contribution in [0.3, 0.4) is 0 Å². The molecule has 6 nitrogen and oxygen atoms in total. The summed E-state index contributed by atoms with van der Waals surface area (Å²) in [6, 6.07) is 14.6. The van der Waals surface area contributed by atoms with E-state index in [1.54, 1.807) is 12.1 Å². The number of amides is 1. The normalized spacial score (nSPS) is 14.9. The molecule has 0 saturated heterocycles. The Hall–Kier alpha value is -3.12. The number of hydrogen-bond donors (Lipinski definition) is 0. The van der Waals surface area contributed by atoms with E-state index in [4.69, 9.17) is 9.15 Å². The van der Waals surface area contributed by atoms with E-state index in [9.17, 15) is 9.59 Å². The van der Waals surface area contributed by atoms with E-state index in [1.807, 2.05) is 41.3 Å². The quantitative estimate of drug-likeness (QED) is 0.183. The summed E-state index contributed by atoms with van der Waals surface area (Å²) < 4.78 is 12.1. The Bertz CT molecular complexity index is 1280. The first-order chi connectivity index (χ1) is 19.1. The van der Waals surface area contributed by atoms with E-state index in [-0.39, 0.29) is 17.1 Å². The van der Waals surface area contributed by atoms with Gasteiger partial charge in [-0.15, -0.1) is 0 Å². The first-order valence-corrected chi connectivity index (χ1v) is 14.9. The predicted molar refractivity (Wildman–Crippen MR) is 158 cm³/mol. The summed E-state index contributed by atoms with van der Waals surface area (Å²) in [5.41, 5.74) is 1.64. The molecule has 1 amide bonds. The van der Waals surface area contributed by atoms with Gasteiger partial charge in [-0.1, -0.05) is 70.7 Å². The van der Waals surface area contributed by atoms with Gasteiger partial charge in [0.15, 0.2) is 5.43 Å². The average Bonchev–Trinajstić information content (AvgIpc) is 3.24. The maximum Gasteiger partial charge on any atom is 0.290 e. The fraction of sp³-hybridized carbons (Fsp3) is 0.515. The second-order valence-electron chi connectivity index (χ2n) is 10.6. The van der Waals surface area contributed by atoms with Crippen molar-refractivity contribution in [3.63, 3.8) is 0 Å². The number of carbonyl (C=O) groups is 1. The summed E-state index contributed by atoms with van der Waals surface area (Å²) in [7, 11) is 0. The second-order valence-corrected chi connectivity index (χ2v) is 10.6. The Balaban J connectivity index is 1.64. The summed E-state index contributed by atoms with van der Waals surface area (Å²) in [6.45, 7) is 10.9. The number of fused-ring (bicyclic) bond motifs is 2. The van der Waals surface area contributed by atoms with Gasteiger partial charge in [0.1, 0.15) is 11.3 Å². The molecule has 6 heteroatoms. The van der Waals surface area contributed by atoms with Crippen LogP contribution in [0.15, 0.2) is 57.7 Å². The van der Waals surface area contributed by atoms with Crippen LogP contribution in [-0.4, -0.2) is 48.5 Å². The Morgan fingerprint density at radius 2 is 1.56 bits per heavy atom. The van der Waals surface area contributed by atoms with Crippen molar-refractivity contribution >= 4 is 16.9 Å². The molecule has 0 fully saturated rings. The third kappa shape index (κ3) is 6.91. The molecule has 0 aliphatic carbocycles. The van der Waals surface area contributed by atoms with Gasteiger partial charge in [0.05, 0.1) is 23.6 Å². The zero-order valence-corrected chi connectivity index (χ0v) is 23.9. The van der Waals surface area contributed by atoms with Crippen molar-refractivity contribution in [3.8, 4) is 5.75 Å². The summed E-state index contributed by atoms with van der Waals surface area (Å²) in [6.07, 6.45) is 8.79. The minimum Gasteiger partial charge on any atom is -0.494 e. The molecule has 3 aromatic rings. The van der Waals surface area contributed by atoms with Crippen LogP contribution in [0.2, 0.25) is 0 Å². The topological polar surface area (TPSA) is 63.0 Å². The first-order valence-electron chi connectivity index (χ1n) is 14.9. The molecule has 4 rings (SSSR count). The van der Waals surface area contributed by atoms with Gasteiger partial charge >= 0.3 is 0 Å². The van der Waals surface area contributed by atoms with Crippen LogP contribution in [0, 0.1) is 0 Å². The van der Waals surface area contributed by atoms with Crippen LogP contribution in [0.4, 0.5) is 0 Å². The molecule has 0 N–H and O–H groups in total. The van der Waals surface area contributed by atoms with Crippen molar-refractivity contribution in [3.05, 3.63) is 75.6 Å². The number of nitrogens with zero attached hydrogens (tertiary/aromatic N) is 2. The molecule has 2 aromatic carbocycles. The fourth-order valence-electron chi connectivity index (χ4n) is 5.42. The monoisotopic (exact) mass is 532 g/mol. The minimum absolute atomic E-state index is 0.130. The van der Waals surface area contributed by atoms with Gasteiger partial charge in [0, 0.05) is 6.54 Å². The molecule has 2 heterocycles.